The lowest BCUT2D eigenvalue weighted by Gasteiger charge is -2.07. The first kappa shape index (κ1) is 9.56. The molecule has 0 saturated heterocycles. The summed E-state index contributed by atoms with van der Waals surface area (Å²) in [5.74, 6) is 0.888. The molecule has 23 heavy (non-hydrogen) atoms. The van der Waals surface area contributed by atoms with Crippen LogP contribution in [-0.4, -0.2) is 4.40 Å². The molecule has 0 amide bonds. The van der Waals surface area contributed by atoms with Crippen molar-refractivity contribution in [1.82, 2.24) is 4.40 Å². The summed E-state index contributed by atoms with van der Waals surface area (Å²) in [5.41, 5.74) is 5.14. The Morgan fingerprint density at radius 2 is 1.96 bits per heavy atom. The minimum absolute atomic E-state index is 0.150. The van der Waals surface area contributed by atoms with Crippen molar-refractivity contribution >= 4 is 16.8 Å². The Hall–Kier alpha value is -2.55. The van der Waals surface area contributed by atoms with Gasteiger partial charge in [-0.25, -0.2) is 4.57 Å². The molecule has 114 valence electrons. The molecule has 0 fully saturated rings. The molecule has 1 aliphatic rings. The summed E-state index contributed by atoms with van der Waals surface area (Å²) in [7, 11) is 1.94. The minimum atomic E-state index is -1.69. The molecule has 0 spiro atoms. The summed E-state index contributed by atoms with van der Waals surface area (Å²) in [5, 5.41) is 0. The van der Waals surface area contributed by atoms with Gasteiger partial charge in [0.2, 0.25) is 0 Å². The maximum atomic E-state index is 8.33. The van der Waals surface area contributed by atoms with Gasteiger partial charge in [0.05, 0.1) is 12.6 Å². The number of aromatic nitrogens is 2. The van der Waals surface area contributed by atoms with Gasteiger partial charge in [-0.1, -0.05) is 18.2 Å². The van der Waals surface area contributed by atoms with Gasteiger partial charge < -0.3 is 4.42 Å². The van der Waals surface area contributed by atoms with E-state index in [1.807, 2.05) is 59.5 Å². The van der Waals surface area contributed by atoms with Crippen molar-refractivity contribution in [3.63, 3.8) is 0 Å². The predicted molar refractivity (Wildman–Crippen MR) is 90.5 cm³/mol. The van der Waals surface area contributed by atoms with Crippen molar-refractivity contribution in [3.8, 4) is 11.4 Å². The lowest BCUT2D eigenvalue weighted by molar-refractivity contribution is -0.658. The second-order valence-electron chi connectivity index (χ2n) is 6.05. The SMILES string of the molecule is [2H]C1([2H])CC([2H])([2H])c2cc(-c3n4c(c[n+]3C)oc3ccccc34)c(C)cc21. The summed E-state index contributed by atoms with van der Waals surface area (Å²) < 4.78 is 43.1. The average molecular weight is 307 g/mol. The number of rotatable bonds is 1. The molecule has 0 unspecified atom stereocenters. The molecular weight excluding hydrogens is 284 g/mol. The second kappa shape index (κ2) is 4.48. The molecule has 2 aromatic carbocycles. The summed E-state index contributed by atoms with van der Waals surface area (Å²) in [6.07, 6.45) is -1.58. The Morgan fingerprint density at radius 3 is 2.83 bits per heavy atom. The van der Waals surface area contributed by atoms with E-state index in [9.17, 15) is 0 Å². The zero-order valence-electron chi connectivity index (χ0n) is 17.1. The fraction of sp³-hybridized carbons (Fsp3) is 0.250. The molecule has 0 bridgehead atoms. The topological polar surface area (TPSA) is 21.4 Å². The van der Waals surface area contributed by atoms with Crippen molar-refractivity contribution in [2.45, 2.75) is 26.1 Å². The first-order valence-electron chi connectivity index (χ1n) is 9.74. The maximum absolute atomic E-state index is 8.33. The molecule has 3 nitrogen and oxygen atoms in total. The number of aryl methyl sites for hydroxylation is 4. The van der Waals surface area contributed by atoms with Gasteiger partial charge in [0.1, 0.15) is 0 Å². The second-order valence-corrected chi connectivity index (χ2v) is 6.05. The Balaban J connectivity index is 1.86. The highest BCUT2D eigenvalue weighted by Gasteiger charge is 2.26. The normalized spacial score (nSPS) is 21.0. The molecule has 4 aromatic rings. The van der Waals surface area contributed by atoms with E-state index >= 15 is 0 Å². The van der Waals surface area contributed by atoms with Crippen LogP contribution in [0.4, 0.5) is 0 Å². The largest absolute Gasteiger partial charge is 0.416 e. The van der Waals surface area contributed by atoms with Crippen molar-refractivity contribution in [2.24, 2.45) is 7.05 Å². The van der Waals surface area contributed by atoms with Gasteiger partial charge in [-0.05, 0) is 61.0 Å². The van der Waals surface area contributed by atoms with E-state index in [4.69, 9.17) is 9.90 Å². The Morgan fingerprint density at radius 1 is 1.17 bits per heavy atom. The quantitative estimate of drug-likeness (QED) is 0.488. The van der Waals surface area contributed by atoms with Crippen molar-refractivity contribution < 1.29 is 14.5 Å². The van der Waals surface area contributed by atoms with E-state index in [-0.39, 0.29) is 6.42 Å². The standard InChI is InChI=1S/C20H19N2O/c1-13-10-14-6-5-7-15(14)11-16(13)20-21(2)12-19-22(20)17-8-3-4-9-18(17)23-19/h3-4,8-12H,5-7H2,1-2H3/q+1/i6D2,7D2. The van der Waals surface area contributed by atoms with Gasteiger partial charge in [0.15, 0.2) is 17.3 Å². The van der Waals surface area contributed by atoms with E-state index in [0.717, 1.165) is 28.1 Å². The van der Waals surface area contributed by atoms with Crippen molar-refractivity contribution in [2.75, 3.05) is 0 Å². The highest BCUT2D eigenvalue weighted by Crippen LogP contribution is 2.32. The summed E-state index contributed by atoms with van der Waals surface area (Å²) >= 11 is 0. The molecule has 2 heterocycles. The van der Waals surface area contributed by atoms with Gasteiger partial charge in [-0.2, -0.15) is 4.40 Å². The van der Waals surface area contributed by atoms with E-state index in [2.05, 4.69) is 0 Å². The zero-order chi connectivity index (χ0) is 19.1. The van der Waals surface area contributed by atoms with Crippen LogP contribution < -0.4 is 4.57 Å². The fourth-order valence-electron chi connectivity index (χ4n) is 3.48. The summed E-state index contributed by atoms with van der Waals surface area (Å²) in [6.45, 7) is 1.95. The summed E-state index contributed by atoms with van der Waals surface area (Å²) in [6, 6.07) is 11.4. The molecule has 0 aliphatic heterocycles. The Labute approximate surface area is 140 Å². The number of fused-ring (bicyclic) bond motifs is 4. The number of imidazole rings is 1. The predicted octanol–water partition coefficient (Wildman–Crippen LogP) is 3.97. The van der Waals surface area contributed by atoms with Gasteiger partial charge >= 0.3 is 5.71 Å². The molecule has 2 aromatic heterocycles. The number of benzene rings is 2. The Kier molecular flexibility index (Phi) is 1.86. The van der Waals surface area contributed by atoms with Gasteiger partial charge in [0, 0.05) is 5.48 Å². The number of nitrogens with zero attached hydrogens (tertiary/aromatic N) is 2. The number of oxazole rings is 1. The molecule has 3 heteroatoms. The number of hydrogen-bond donors (Lipinski definition) is 0. The van der Waals surface area contributed by atoms with Crippen LogP contribution in [0.25, 0.3) is 28.2 Å². The molecule has 0 radical (unpaired) electrons. The van der Waals surface area contributed by atoms with E-state index < -0.39 is 12.7 Å². The highest BCUT2D eigenvalue weighted by atomic mass is 16.3. The lowest BCUT2D eigenvalue weighted by atomic mass is 10.0. The smallest absolute Gasteiger partial charge is 0.336 e. The summed E-state index contributed by atoms with van der Waals surface area (Å²) in [4.78, 5) is 0. The zero-order valence-corrected chi connectivity index (χ0v) is 13.1. The fourth-order valence-corrected chi connectivity index (χ4v) is 3.48. The van der Waals surface area contributed by atoms with Crippen LogP contribution >= 0.6 is 0 Å². The van der Waals surface area contributed by atoms with Crippen LogP contribution in [0.5, 0.6) is 0 Å². The van der Waals surface area contributed by atoms with Gasteiger partial charge in [0.25, 0.3) is 5.82 Å². The molecule has 5 rings (SSSR count). The third-order valence-electron chi connectivity index (χ3n) is 4.55. The minimum Gasteiger partial charge on any atom is -0.416 e. The van der Waals surface area contributed by atoms with Crippen molar-refractivity contribution in [1.29, 1.82) is 0 Å². The van der Waals surface area contributed by atoms with E-state index in [1.54, 1.807) is 6.07 Å². The highest BCUT2D eigenvalue weighted by molar-refractivity contribution is 5.80. The number of para-hydroxylation sites is 2. The third kappa shape index (κ3) is 1.73. The first-order valence-corrected chi connectivity index (χ1v) is 7.74. The maximum Gasteiger partial charge on any atom is 0.336 e. The average Bonchev–Trinajstić information content (AvgIpc) is 3.13. The molecular formula is C20H19N2O+. The van der Waals surface area contributed by atoms with E-state index in [0.29, 0.717) is 16.8 Å². The molecule has 0 N–H and O–H groups in total. The molecule has 1 aliphatic carbocycles. The lowest BCUT2D eigenvalue weighted by Crippen LogP contribution is -2.28. The van der Waals surface area contributed by atoms with Crippen LogP contribution in [-0.2, 0) is 19.8 Å². The van der Waals surface area contributed by atoms with Crippen LogP contribution in [0, 0.1) is 6.92 Å². The van der Waals surface area contributed by atoms with Crippen LogP contribution in [0.2, 0.25) is 0 Å². The molecule has 0 saturated carbocycles. The van der Waals surface area contributed by atoms with Crippen LogP contribution in [0.1, 0.15) is 28.6 Å². The van der Waals surface area contributed by atoms with Gasteiger partial charge in [-0.15, -0.1) is 0 Å². The van der Waals surface area contributed by atoms with Gasteiger partial charge in [-0.3, -0.25) is 0 Å². The Bertz CT molecular complexity index is 1240. The number of hydrogen-bond acceptors (Lipinski definition) is 1. The monoisotopic (exact) mass is 307 g/mol. The first-order chi connectivity index (χ1) is 12.7. The van der Waals surface area contributed by atoms with E-state index in [1.165, 1.54) is 0 Å². The van der Waals surface area contributed by atoms with Crippen LogP contribution in [0.3, 0.4) is 0 Å². The van der Waals surface area contributed by atoms with Crippen LogP contribution in [0.15, 0.2) is 47.0 Å². The molecule has 0 atom stereocenters. The third-order valence-corrected chi connectivity index (χ3v) is 4.55. The van der Waals surface area contributed by atoms with Crippen molar-refractivity contribution in [3.05, 3.63) is 59.3 Å².